The van der Waals surface area contributed by atoms with Gasteiger partial charge >= 0.3 is 0 Å². The normalized spacial score (nSPS) is 24.3. The summed E-state index contributed by atoms with van der Waals surface area (Å²) < 4.78 is 5.31. The summed E-state index contributed by atoms with van der Waals surface area (Å²) in [6.07, 6.45) is -0.525. The molecule has 2 heterocycles. The largest absolute Gasteiger partial charge is 0.381 e. The van der Waals surface area contributed by atoms with Crippen LogP contribution in [0.2, 0.25) is 0 Å². The van der Waals surface area contributed by atoms with Gasteiger partial charge in [-0.1, -0.05) is 29.8 Å². The van der Waals surface area contributed by atoms with Crippen molar-refractivity contribution in [1.82, 2.24) is 4.90 Å². The Labute approximate surface area is 137 Å². The van der Waals surface area contributed by atoms with Crippen LogP contribution in [0.1, 0.15) is 29.2 Å². The minimum absolute atomic E-state index is 0.0157. The number of carbonyl (C=O) groups is 1. The van der Waals surface area contributed by atoms with Crippen LogP contribution in [0.3, 0.4) is 0 Å². The fourth-order valence-electron chi connectivity index (χ4n) is 3.51. The number of hydrogen-bond acceptors (Lipinski definition) is 4. The summed E-state index contributed by atoms with van der Waals surface area (Å²) in [4.78, 5) is 20.0. The van der Waals surface area contributed by atoms with E-state index in [2.05, 4.69) is 38.1 Å². The second-order valence-electron chi connectivity index (χ2n) is 6.50. The number of benzene rings is 1. The van der Waals surface area contributed by atoms with E-state index in [4.69, 9.17) is 9.57 Å². The zero-order valence-electron chi connectivity index (χ0n) is 14.3. The zero-order chi connectivity index (χ0) is 16.6. The van der Waals surface area contributed by atoms with Gasteiger partial charge in [0, 0.05) is 18.7 Å². The third kappa shape index (κ3) is 2.98. The lowest BCUT2D eigenvalue weighted by atomic mass is 9.87. The molecule has 1 saturated heterocycles. The van der Waals surface area contributed by atoms with E-state index in [-0.39, 0.29) is 11.8 Å². The molecule has 5 heteroatoms. The average Bonchev–Trinajstić information content (AvgIpc) is 2.88. The summed E-state index contributed by atoms with van der Waals surface area (Å²) >= 11 is 0. The molecule has 2 aliphatic heterocycles. The standard InChI is InChI=1S/C18H24N2O3/c1-11-9-12(2)15(13(3)10-11)16-14(4)17(23-19-16)18(21)20-5-7-22-8-6-20/h9-10,14,17H,5-8H2,1-4H3/t14-,17-/m1/s1. The first-order valence-corrected chi connectivity index (χ1v) is 8.17. The molecule has 0 saturated carbocycles. The van der Waals surface area contributed by atoms with Gasteiger partial charge in [-0.05, 0) is 31.9 Å². The maximum Gasteiger partial charge on any atom is 0.267 e. The number of nitrogens with zero attached hydrogens (tertiary/aromatic N) is 2. The Hall–Kier alpha value is -1.88. The van der Waals surface area contributed by atoms with Crippen LogP contribution in [0.4, 0.5) is 0 Å². The van der Waals surface area contributed by atoms with Crippen molar-refractivity contribution < 1.29 is 14.4 Å². The molecule has 0 spiro atoms. The predicted octanol–water partition coefficient (Wildman–Crippen LogP) is 2.21. The first kappa shape index (κ1) is 16.0. The quantitative estimate of drug-likeness (QED) is 0.840. The van der Waals surface area contributed by atoms with Gasteiger partial charge in [0.15, 0.2) is 0 Å². The van der Waals surface area contributed by atoms with Crippen LogP contribution in [0.5, 0.6) is 0 Å². The number of amides is 1. The Kier molecular flexibility index (Phi) is 4.39. The van der Waals surface area contributed by atoms with Crippen LogP contribution in [0.25, 0.3) is 0 Å². The molecule has 124 valence electrons. The van der Waals surface area contributed by atoms with E-state index in [1.165, 1.54) is 16.7 Å². The van der Waals surface area contributed by atoms with Crippen LogP contribution < -0.4 is 0 Å². The Bertz CT molecular complexity index is 625. The first-order chi connectivity index (χ1) is 11.0. The number of oxime groups is 1. The van der Waals surface area contributed by atoms with Gasteiger partial charge in [0.05, 0.1) is 24.8 Å². The number of hydrogen-bond donors (Lipinski definition) is 0. The molecule has 0 aromatic heterocycles. The van der Waals surface area contributed by atoms with E-state index < -0.39 is 6.10 Å². The highest BCUT2D eigenvalue weighted by Gasteiger charge is 2.40. The number of morpholine rings is 1. The van der Waals surface area contributed by atoms with Gasteiger partial charge in [0.25, 0.3) is 5.91 Å². The molecule has 1 amide bonds. The van der Waals surface area contributed by atoms with E-state index in [0.717, 1.165) is 11.3 Å². The Balaban J connectivity index is 1.81. The molecule has 0 N–H and O–H groups in total. The molecule has 1 aromatic rings. The van der Waals surface area contributed by atoms with Gasteiger partial charge < -0.3 is 14.5 Å². The lowest BCUT2D eigenvalue weighted by molar-refractivity contribution is -0.147. The summed E-state index contributed by atoms with van der Waals surface area (Å²) in [5.41, 5.74) is 5.58. The van der Waals surface area contributed by atoms with Crippen LogP contribution in [-0.2, 0) is 14.4 Å². The second kappa shape index (κ2) is 6.32. The van der Waals surface area contributed by atoms with Crippen molar-refractivity contribution in [1.29, 1.82) is 0 Å². The van der Waals surface area contributed by atoms with Crippen molar-refractivity contribution in [3.8, 4) is 0 Å². The Morgan fingerprint density at radius 3 is 2.39 bits per heavy atom. The predicted molar refractivity (Wildman–Crippen MR) is 88.6 cm³/mol. The lowest BCUT2D eigenvalue weighted by Crippen LogP contribution is -2.47. The van der Waals surface area contributed by atoms with Crippen molar-refractivity contribution in [2.75, 3.05) is 26.3 Å². The number of carbonyl (C=O) groups excluding carboxylic acids is 1. The summed E-state index contributed by atoms with van der Waals surface area (Å²) in [6.45, 7) is 10.7. The molecule has 0 aliphatic carbocycles. The summed E-state index contributed by atoms with van der Waals surface area (Å²) in [5, 5.41) is 4.27. The van der Waals surface area contributed by atoms with Gasteiger partial charge in [0.2, 0.25) is 6.10 Å². The van der Waals surface area contributed by atoms with Gasteiger partial charge in [-0.2, -0.15) is 0 Å². The van der Waals surface area contributed by atoms with Crippen molar-refractivity contribution in [2.45, 2.75) is 33.8 Å². The fraction of sp³-hybridized carbons (Fsp3) is 0.556. The molecular formula is C18H24N2O3. The van der Waals surface area contributed by atoms with Crippen LogP contribution in [0.15, 0.2) is 17.3 Å². The van der Waals surface area contributed by atoms with E-state index in [1.54, 1.807) is 0 Å². The van der Waals surface area contributed by atoms with Crippen molar-refractivity contribution >= 4 is 11.6 Å². The Morgan fingerprint density at radius 1 is 1.17 bits per heavy atom. The average molecular weight is 316 g/mol. The van der Waals surface area contributed by atoms with E-state index in [1.807, 2.05) is 11.8 Å². The van der Waals surface area contributed by atoms with Gasteiger partial charge in [-0.25, -0.2) is 0 Å². The monoisotopic (exact) mass is 316 g/mol. The van der Waals surface area contributed by atoms with E-state index in [0.29, 0.717) is 26.3 Å². The summed E-state index contributed by atoms with van der Waals surface area (Å²) in [7, 11) is 0. The molecule has 3 rings (SSSR count). The molecule has 1 aromatic carbocycles. The third-order valence-electron chi connectivity index (χ3n) is 4.65. The zero-order valence-corrected chi connectivity index (χ0v) is 14.3. The summed E-state index contributed by atoms with van der Waals surface area (Å²) in [5.74, 6) is -0.0348. The topological polar surface area (TPSA) is 51.1 Å². The third-order valence-corrected chi connectivity index (χ3v) is 4.65. The molecule has 2 atom stereocenters. The van der Waals surface area contributed by atoms with Crippen molar-refractivity contribution in [2.24, 2.45) is 11.1 Å². The smallest absolute Gasteiger partial charge is 0.267 e. The molecule has 5 nitrogen and oxygen atoms in total. The Morgan fingerprint density at radius 2 is 1.78 bits per heavy atom. The molecule has 0 bridgehead atoms. The first-order valence-electron chi connectivity index (χ1n) is 8.17. The van der Waals surface area contributed by atoms with Crippen LogP contribution in [-0.4, -0.2) is 48.9 Å². The van der Waals surface area contributed by atoms with Gasteiger partial charge in [-0.15, -0.1) is 0 Å². The summed E-state index contributed by atoms with van der Waals surface area (Å²) in [6, 6.07) is 4.30. The van der Waals surface area contributed by atoms with Crippen LogP contribution >= 0.6 is 0 Å². The second-order valence-corrected chi connectivity index (χ2v) is 6.50. The number of rotatable bonds is 2. The van der Waals surface area contributed by atoms with Crippen LogP contribution in [0, 0.1) is 26.7 Å². The molecule has 0 unspecified atom stereocenters. The lowest BCUT2D eigenvalue weighted by Gasteiger charge is -2.29. The highest BCUT2D eigenvalue weighted by Crippen LogP contribution is 2.28. The minimum atomic E-state index is -0.525. The molecule has 23 heavy (non-hydrogen) atoms. The van der Waals surface area contributed by atoms with Gasteiger partial charge in [-0.3, -0.25) is 4.79 Å². The minimum Gasteiger partial charge on any atom is -0.381 e. The van der Waals surface area contributed by atoms with E-state index >= 15 is 0 Å². The highest BCUT2D eigenvalue weighted by molar-refractivity contribution is 6.07. The maximum atomic E-state index is 12.7. The van der Waals surface area contributed by atoms with Crippen molar-refractivity contribution in [3.63, 3.8) is 0 Å². The van der Waals surface area contributed by atoms with Gasteiger partial charge in [0.1, 0.15) is 0 Å². The van der Waals surface area contributed by atoms with E-state index in [9.17, 15) is 4.79 Å². The maximum absolute atomic E-state index is 12.7. The SMILES string of the molecule is Cc1cc(C)c(C2=NO[C@@H](C(=O)N3CCOCC3)[C@@H]2C)c(C)c1. The number of aryl methyl sites for hydroxylation is 3. The fourth-order valence-corrected chi connectivity index (χ4v) is 3.51. The molecular weight excluding hydrogens is 292 g/mol. The highest BCUT2D eigenvalue weighted by atomic mass is 16.6. The van der Waals surface area contributed by atoms with Crippen molar-refractivity contribution in [3.05, 3.63) is 34.4 Å². The molecule has 2 aliphatic rings. The molecule has 1 fully saturated rings. The number of ether oxygens (including phenoxy) is 1. The molecule has 0 radical (unpaired) electrons.